The number of halogens is 4. The van der Waals surface area contributed by atoms with Crippen molar-refractivity contribution in [1.29, 1.82) is 0 Å². The van der Waals surface area contributed by atoms with Crippen molar-refractivity contribution in [3.63, 3.8) is 0 Å². The van der Waals surface area contributed by atoms with Gasteiger partial charge in [0.05, 0.1) is 11.8 Å². The molecule has 0 saturated heterocycles. The van der Waals surface area contributed by atoms with E-state index in [1.54, 1.807) is 0 Å². The summed E-state index contributed by atoms with van der Waals surface area (Å²) in [4.78, 5) is 11.0. The Morgan fingerprint density at radius 1 is 1.43 bits per heavy atom. The van der Waals surface area contributed by atoms with Crippen LogP contribution in [0.25, 0.3) is 6.08 Å². The lowest BCUT2D eigenvalue weighted by atomic mass is 9.99. The maximum Gasteiger partial charge on any atom is 0.430 e. The van der Waals surface area contributed by atoms with Gasteiger partial charge in [-0.2, -0.15) is 13.2 Å². The van der Waals surface area contributed by atoms with Gasteiger partial charge in [-0.1, -0.05) is 16.8 Å². The predicted octanol–water partition coefficient (Wildman–Crippen LogP) is 2.94. The number of carboxylic acid groups (broad SMARTS) is 1. The van der Waals surface area contributed by atoms with Gasteiger partial charge in [-0.25, -0.2) is 4.79 Å². The van der Waals surface area contributed by atoms with Crippen LogP contribution in [0, 0.1) is 0 Å². The largest absolute Gasteiger partial charge is 0.478 e. The molecule has 0 bridgehead atoms. The zero-order valence-electron chi connectivity index (χ0n) is 10.1. The minimum Gasteiger partial charge on any atom is -0.478 e. The average molecular weight is 322 g/mol. The Labute approximate surface area is 120 Å². The minimum atomic E-state index is -4.91. The van der Waals surface area contributed by atoms with E-state index in [1.165, 1.54) is 12.1 Å². The van der Waals surface area contributed by atoms with E-state index in [9.17, 15) is 18.0 Å². The van der Waals surface area contributed by atoms with E-state index in [-0.39, 0.29) is 21.9 Å². The summed E-state index contributed by atoms with van der Waals surface area (Å²) in [6.07, 6.45) is -5.85. The molecule has 1 heterocycles. The minimum absolute atomic E-state index is 0.00469. The van der Waals surface area contributed by atoms with Crippen LogP contribution in [0.15, 0.2) is 22.9 Å². The molecule has 112 valence electrons. The van der Waals surface area contributed by atoms with E-state index in [0.29, 0.717) is 0 Å². The van der Waals surface area contributed by atoms with Crippen LogP contribution in [0.5, 0.6) is 5.75 Å². The fraction of sp³-hybridized carbons (Fsp3) is 0.167. The molecule has 1 aliphatic heterocycles. The van der Waals surface area contributed by atoms with Crippen LogP contribution in [-0.4, -0.2) is 34.8 Å². The summed E-state index contributed by atoms with van der Waals surface area (Å²) in [7, 11) is 0. The molecular weight excluding hydrogens is 315 g/mol. The third kappa shape index (κ3) is 2.94. The number of alkyl halides is 3. The highest BCUT2D eigenvalue weighted by Gasteiger charge is 2.48. The van der Waals surface area contributed by atoms with Gasteiger partial charge in [-0.05, 0) is 18.2 Å². The highest BCUT2D eigenvalue weighted by molar-refractivity contribution is 6.31. The van der Waals surface area contributed by atoms with Crippen LogP contribution in [0.1, 0.15) is 11.1 Å². The van der Waals surface area contributed by atoms with Crippen molar-refractivity contribution in [2.45, 2.75) is 12.3 Å². The van der Waals surface area contributed by atoms with E-state index >= 15 is 0 Å². The lowest BCUT2D eigenvalue weighted by molar-refractivity contribution is -0.187. The predicted molar refractivity (Wildman–Crippen MR) is 66.9 cm³/mol. The summed E-state index contributed by atoms with van der Waals surface area (Å²) in [5.74, 6) is -2.01. The molecule has 2 rings (SSSR count). The second-order valence-corrected chi connectivity index (χ2v) is 4.54. The second-order valence-electron chi connectivity index (χ2n) is 4.10. The van der Waals surface area contributed by atoms with Crippen molar-refractivity contribution in [3.8, 4) is 5.75 Å². The van der Waals surface area contributed by atoms with Crippen LogP contribution in [0.4, 0.5) is 13.2 Å². The third-order valence-corrected chi connectivity index (χ3v) is 2.90. The van der Waals surface area contributed by atoms with E-state index in [4.69, 9.17) is 26.7 Å². The Bertz CT molecular complexity index is 655. The number of carboxylic acids is 1. The molecule has 0 unspecified atom stereocenters. The Morgan fingerprint density at radius 2 is 2.10 bits per heavy atom. The molecule has 1 aliphatic rings. The number of hydrogen-bond acceptors (Lipinski definition) is 4. The van der Waals surface area contributed by atoms with E-state index in [1.807, 2.05) is 0 Å². The van der Waals surface area contributed by atoms with Gasteiger partial charge in [0.1, 0.15) is 5.75 Å². The fourth-order valence-electron chi connectivity index (χ4n) is 1.88. The van der Waals surface area contributed by atoms with Gasteiger partial charge in [0, 0.05) is 16.1 Å². The van der Waals surface area contributed by atoms with Crippen molar-refractivity contribution in [3.05, 3.63) is 33.9 Å². The molecule has 0 aromatic heterocycles. The molecule has 0 aliphatic carbocycles. The first-order valence-electron chi connectivity index (χ1n) is 5.43. The summed E-state index contributed by atoms with van der Waals surface area (Å²) in [6, 6.07) is 2.48. The first-order chi connectivity index (χ1) is 9.74. The van der Waals surface area contributed by atoms with Gasteiger partial charge >= 0.3 is 12.1 Å². The summed E-state index contributed by atoms with van der Waals surface area (Å²) >= 11 is 5.77. The molecule has 0 fully saturated rings. The average Bonchev–Trinajstić information content (AvgIpc) is 2.36. The van der Waals surface area contributed by atoms with Gasteiger partial charge in [0.2, 0.25) is 6.10 Å². The van der Waals surface area contributed by atoms with Crippen LogP contribution in [0.3, 0.4) is 0 Å². The van der Waals surface area contributed by atoms with Gasteiger partial charge in [-0.3, -0.25) is 0 Å². The molecule has 0 spiro atoms. The molecule has 0 amide bonds. The summed E-state index contributed by atoms with van der Waals surface area (Å²) < 4.78 is 43.5. The molecule has 0 radical (unpaired) electrons. The highest BCUT2D eigenvalue weighted by Crippen LogP contribution is 2.39. The molecule has 1 aromatic carbocycles. The Hall–Kier alpha value is -2.22. The smallest absolute Gasteiger partial charge is 0.430 e. The van der Waals surface area contributed by atoms with E-state index in [2.05, 4.69) is 5.16 Å². The van der Waals surface area contributed by atoms with Crippen molar-refractivity contribution >= 4 is 29.9 Å². The second kappa shape index (κ2) is 5.28. The summed E-state index contributed by atoms with van der Waals surface area (Å²) in [5.41, 5.74) is -0.908. The Balaban J connectivity index is 2.65. The van der Waals surface area contributed by atoms with Gasteiger partial charge < -0.3 is 15.1 Å². The molecule has 0 saturated carbocycles. The van der Waals surface area contributed by atoms with E-state index < -0.39 is 23.8 Å². The van der Waals surface area contributed by atoms with Crippen molar-refractivity contribution < 1.29 is 33.0 Å². The SMILES string of the molecule is O=C(O)C1=Cc2cc(Cl)cc(C=NO)c2O[C@@H]1C(F)(F)F. The zero-order valence-corrected chi connectivity index (χ0v) is 10.8. The summed E-state index contributed by atoms with van der Waals surface area (Å²) in [6.45, 7) is 0. The number of nitrogens with zero attached hydrogens (tertiary/aromatic N) is 1. The number of oxime groups is 1. The quantitative estimate of drug-likeness (QED) is 0.498. The molecule has 1 aromatic rings. The van der Waals surface area contributed by atoms with Gasteiger partial charge in [-0.15, -0.1) is 0 Å². The van der Waals surface area contributed by atoms with Crippen LogP contribution in [-0.2, 0) is 4.79 Å². The molecule has 1 atom stereocenters. The molecule has 9 heteroatoms. The third-order valence-electron chi connectivity index (χ3n) is 2.68. The Kier molecular flexibility index (Phi) is 3.82. The monoisotopic (exact) mass is 321 g/mol. The highest BCUT2D eigenvalue weighted by atomic mass is 35.5. The van der Waals surface area contributed by atoms with Crippen molar-refractivity contribution in [1.82, 2.24) is 0 Å². The van der Waals surface area contributed by atoms with Crippen LogP contribution < -0.4 is 4.74 Å². The number of ether oxygens (including phenoxy) is 1. The standard InChI is InChI=1S/C12H7ClF3NO4/c13-7-1-5-3-8(11(18)19)10(12(14,15)16)21-9(5)6(2-7)4-17-20/h1-4,10,20H,(H,18,19)/t10-/m0/s1. The fourth-order valence-corrected chi connectivity index (χ4v) is 2.11. The zero-order chi connectivity index (χ0) is 15.8. The lowest BCUT2D eigenvalue weighted by Gasteiger charge is -2.28. The number of aliphatic carboxylic acids is 1. The number of fused-ring (bicyclic) bond motifs is 1. The van der Waals surface area contributed by atoms with Crippen LogP contribution in [0.2, 0.25) is 5.02 Å². The first-order valence-corrected chi connectivity index (χ1v) is 5.81. The van der Waals surface area contributed by atoms with Crippen LogP contribution >= 0.6 is 11.6 Å². The van der Waals surface area contributed by atoms with Gasteiger partial charge in [0.25, 0.3) is 0 Å². The molecular formula is C12H7ClF3NO4. The number of hydrogen-bond donors (Lipinski definition) is 2. The number of rotatable bonds is 2. The van der Waals surface area contributed by atoms with Crippen molar-refractivity contribution in [2.24, 2.45) is 5.16 Å². The number of benzene rings is 1. The first kappa shape index (κ1) is 15.2. The summed E-state index contributed by atoms with van der Waals surface area (Å²) in [5, 5.41) is 20.2. The van der Waals surface area contributed by atoms with E-state index in [0.717, 1.165) is 12.3 Å². The van der Waals surface area contributed by atoms with Crippen molar-refractivity contribution in [2.75, 3.05) is 0 Å². The molecule has 21 heavy (non-hydrogen) atoms. The maximum atomic E-state index is 12.9. The molecule has 5 nitrogen and oxygen atoms in total. The topological polar surface area (TPSA) is 79.1 Å². The normalized spacial score (nSPS) is 18.1. The Morgan fingerprint density at radius 3 is 2.62 bits per heavy atom. The lowest BCUT2D eigenvalue weighted by Crippen LogP contribution is -2.40. The number of carbonyl (C=O) groups is 1. The molecule has 2 N–H and O–H groups in total. The van der Waals surface area contributed by atoms with Gasteiger partial charge in [0.15, 0.2) is 0 Å². The maximum absolute atomic E-state index is 12.9.